The summed E-state index contributed by atoms with van der Waals surface area (Å²) in [5.74, 6) is 2.29. The van der Waals surface area contributed by atoms with Gasteiger partial charge in [-0.15, -0.1) is 11.3 Å². The molecule has 0 radical (unpaired) electrons. The molecule has 4 aromatic rings. The number of ether oxygens (including phenoxy) is 1. The molecule has 2 aromatic heterocycles. The van der Waals surface area contributed by atoms with Gasteiger partial charge in [-0.25, -0.2) is 4.98 Å². The van der Waals surface area contributed by atoms with E-state index in [0.29, 0.717) is 23.3 Å². The fraction of sp³-hybridized carbons (Fsp3) is 0.125. The second kappa shape index (κ2) is 10.3. The molecule has 6 nitrogen and oxygen atoms in total. The van der Waals surface area contributed by atoms with E-state index < -0.39 is 0 Å². The van der Waals surface area contributed by atoms with Gasteiger partial charge in [0.15, 0.2) is 0 Å². The minimum atomic E-state index is -0.282. The number of thiophene rings is 1. The van der Waals surface area contributed by atoms with E-state index in [2.05, 4.69) is 45.6 Å². The molecule has 1 amide bonds. The Morgan fingerprint density at radius 1 is 1.16 bits per heavy atom. The highest BCUT2D eigenvalue weighted by Crippen LogP contribution is 2.33. The first-order valence-electron chi connectivity index (χ1n) is 9.96. The zero-order valence-corrected chi connectivity index (χ0v) is 19.1. The summed E-state index contributed by atoms with van der Waals surface area (Å²) in [5.41, 5.74) is 3.62. The highest BCUT2D eigenvalue weighted by Gasteiger charge is 2.12. The number of aryl methyl sites for hydroxylation is 1. The lowest BCUT2D eigenvalue weighted by Crippen LogP contribution is -2.07. The van der Waals surface area contributed by atoms with Gasteiger partial charge in [0, 0.05) is 17.4 Å². The van der Waals surface area contributed by atoms with Gasteiger partial charge in [0.05, 0.1) is 5.52 Å². The molecule has 0 saturated carbocycles. The van der Waals surface area contributed by atoms with Crippen molar-refractivity contribution >= 4 is 56.5 Å². The lowest BCUT2D eigenvalue weighted by atomic mass is 10.1. The molecule has 0 bridgehead atoms. The number of aromatic nitrogens is 2. The number of amides is 1. The molecule has 0 aliphatic rings. The van der Waals surface area contributed by atoms with Crippen molar-refractivity contribution in [3.05, 3.63) is 78.2 Å². The molecule has 0 aliphatic carbocycles. The zero-order valence-electron chi connectivity index (χ0n) is 17.5. The van der Waals surface area contributed by atoms with E-state index >= 15 is 0 Å². The van der Waals surface area contributed by atoms with Gasteiger partial charge in [-0.05, 0) is 65.8 Å². The van der Waals surface area contributed by atoms with Crippen molar-refractivity contribution in [3.63, 3.8) is 0 Å². The van der Waals surface area contributed by atoms with Crippen LogP contribution in [0.1, 0.15) is 5.56 Å². The van der Waals surface area contributed by atoms with Crippen LogP contribution in [0.5, 0.6) is 11.6 Å². The van der Waals surface area contributed by atoms with Crippen molar-refractivity contribution in [1.29, 1.82) is 0 Å². The van der Waals surface area contributed by atoms with Gasteiger partial charge in [0.25, 0.3) is 0 Å². The average Bonchev–Trinajstić information content (AvgIpc) is 3.28. The van der Waals surface area contributed by atoms with Gasteiger partial charge in [0.2, 0.25) is 17.7 Å². The number of rotatable bonds is 9. The standard InChI is InChI=1S/C24H22N4O2S2/c1-3-21(29)25-18-5-4-6-19(15-18)30-23-22-20(12-14-32-22)27-24(28-23)26-17-9-7-16(8-10-17)11-13-31-2/h3-10,12,14-15H,1,11,13H2,2H3,(H,25,29)(H,26,27,28). The minimum absolute atomic E-state index is 0.282. The monoisotopic (exact) mass is 462 g/mol. The summed E-state index contributed by atoms with van der Waals surface area (Å²) >= 11 is 3.35. The van der Waals surface area contributed by atoms with Crippen LogP contribution in [-0.2, 0) is 11.2 Å². The molecule has 0 unspecified atom stereocenters. The maximum absolute atomic E-state index is 11.6. The van der Waals surface area contributed by atoms with Crippen molar-refractivity contribution in [2.24, 2.45) is 0 Å². The van der Waals surface area contributed by atoms with E-state index in [9.17, 15) is 4.79 Å². The number of carbonyl (C=O) groups is 1. The van der Waals surface area contributed by atoms with Crippen LogP contribution in [0.3, 0.4) is 0 Å². The van der Waals surface area contributed by atoms with E-state index in [4.69, 9.17) is 4.74 Å². The Morgan fingerprint density at radius 2 is 2.00 bits per heavy atom. The summed E-state index contributed by atoms with van der Waals surface area (Å²) in [4.78, 5) is 20.8. The normalized spacial score (nSPS) is 10.7. The first kappa shape index (κ1) is 21.9. The molecule has 0 atom stereocenters. The van der Waals surface area contributed by atoms with Crippen LogP contribution in [0, 0.1) is 0 Å². The average molecular weight is 463 g/mol. The number of thioether (sulfide) groups is 1. The van der Waals surface area contributed by atoms with Crippen LogP contribution in [-0.4, -0.2) is 27.9 Å². The molecule has 4 rings (SSSR count). The Bertz CT molecular complexity index is 1240. The molecular formula is C24H22N4O2S2. The molecular weight excluding hydrogens is 440 g/mol. The first-order valence-corrected chi connectivity index (χ1v) is 12.2. The summed E-state index contributed by atoms with van der Waals surface area (Å²) in [6.07, 6.45) is 4.38. The van der Waals surface area contributed by atoms with E-state index in [1.54, 1.807) is 18.2 Å². The molecule has 2 heterocycles. The summed E-state index contributed by atoms with van der Waals surface area (Å²) in [7, 11) is 0. The highest BCUT2D eigenvalue weighted by molar-refractivity contribution is 7.98. The van der Waals surface area contributed by atoms with Crippen LogP contribution >= 0.6 is 23.1 Å². The summed E-state index contributed by atoms with van der Waals surface area (Å²) in [6, 6.07) is 17.4. The summed E-state index contributed by atoms with van der Waals surface area (Å²) in [6.45, 7) is 3.47. The molecule has 0 saturated heterocycles. The minimum Gasteiger partial charge on any atom is -0.437 e. The Kier molecular flexibility index (Phi) is 7.03. The quantitative estimate of drug-likeness (QED) is 0.286. The Balaban J connectivity index is 1.56. The van der Waals surface area contributed by atoms with Crippen LogP contribution in [0.2, 0.25) is 0 Å². The third-order valence-electron chi connectivity index (χ3n) is 4.58. The summed E-state index contributed by atoms with van der Waals surface area (Å²) < 4.78 is 6.94. The van der Waals surface area contributed by atoms with Crippen LogP contribution in [0.4, 0.5) is 17.3 Å². The van der Waals surface area contributed by atoms with Gasteiger partial charge in [-0.2, -0.15) is 16.7 Å². The number of anilines is 3. The van der Waals surface area contributed by atoms with Crippen molar-refractivity contribution in [3.8, 4) is 11.6 Å². The summed E-state index contributed by atoms with van der Waals surface area (Å²) in [5, 5.41) is 7.96. The first-order chi connectivity index (χ1) is 15.6. The van der Waals surface area contributed by atoms with Gasteiger partial charge in [-0.3, -0.25) is 4.79 Å². The lowest BCUT2D eigenvalue weighted by molar-refractivity contribution is -0.111. The Hall–Kier alpha value is -3.36. The van der Waals surface area contributed by atoms with Crippen LogP contribution < -0.4 is 15.4 Å². The van der Waals surface area contributed by atoms with E-state index in [1.807, 2.05) is 41.4 Å². The molecule has 162 valence electrons. The SMILES string of the molecule is C=CC(=O)Nc1cccc(Oc2nc(Nc3ccc(CCSC)cc3)nc3ccsc23)c1. The molecule has 2 N–H and O–H groups in total. The van der Waals surface area contributed by atoms with Crippen LogP contribution in [0.25, 0.3) is 10.2 Å². The fourth-order valence-corrected chi connectivity index (χ4v) is 4.20. The van der Waals surface area contributed by atoms with E-state index in [-0.39, 0.29) is 5.91 Å². The molecule has 2 aromatic carbocycles. The molecule has 32 heavy (non-hydrogen) atoms. The smallest absolute Gasteiger partial charge is 0.247 e. The number of benzene rings is 2. The number of nitrogens with zero attached hydrogens (tertiary/aromatic N) is 2. The maximum Gasteiger partial charge on any atom is 0.247 e. The second-order valence-corrected chi connectivity index (χ2v) is 8.78. The van der Waals surface area contributed by atoms with Gasteiger partial charge < -0.3 is 15.4 Å². The molecule has 0 fully saturated rings. The number of fused-ring (bicyclic) bond motifs is 1. The number of carbonyl (C=O) groups excluding carboxylic acids is 1. The topological polar surface area (TPSA) is 76.1 Å². The number of nitrogens with one attached hydrogen (secondary N) is 2. The maximum atomic E-state index is 11.6. The zero-order chi connectivity index (χ0) is 22.3. The largest absolute Gasteiger partial charge is 0.437 e. The fourth-order valence-electron chi connectivity index (χ4n) is 3.01. The lowest BCUT2D eigenvalue weighted by Gasteiger charge is -2.11. The Labute approximate surface area is 194 Å². The van der Waals surface area contributed by atoms with Crippen LogP contribution in [0.15, 0.2) is 72.6 Å². The molecule has 8 heteroatoms. The van der Waals surface area contributed by atoms with Gasteiger partial charge in [0.1, 0.15) is 10.4 Å². The number of hydrogen-bond acceptors (Lipinski definition) is 7. The number of hydrogen-bond donors (Lipinski definition) is 2. The van der Waals surface area contributed by atoms with Gasteiger partial charge in [-0.1, -0.05) is 24.8 Å². The van der Waals surface area contributed by atoms with E-state index in [0.717, 1.165) is 28.1 Å². The van der Waals surface area contributed by atoms with E-state index in [1.165, 1.54) is 23.0 Å². The van der Waals surface area contributed by atoms with Crippen molar-refractivity contribution in [1.82, 2.24) is 9.97 Å². The predicted octanol–water partition coefficient (Wildman–Crippen LogP) is 6.26. The third kappa shape index (κ3) is 5.46. The molecule has 0 spiro atoms. The molecule has 0 aliphatic heterocycles. The Morgan fingerprint density at radius 3 is 2.78 bits per heavy atom. The predicted molar refractivity (Wildman–Crippen MR) is 135 cm³/mol. The van der Waals surface area contributed by atoms with Crippen molar-refractivity contribution in [2.75, 3.05) is 22.6 Å². The highest BCUT2D eigenvalue weighted by atomic mass is 32.2. The van der Waals surface area contributed by atoms with Crippen molar-refractivity contribution < 1.29 is 9.53 Å². The van der Waals surface area contributed by atoms with Crippen molar-refractivity contribution in [2.45, 2.75) is 6.42 Å². The van der Waals surface area contributed by atoms with Gasteiger partial charge >= 0.3 is 0 Å². The second-order valence-electron chi connectivity index (χ2n) is 6.88. The third-order valence-corrected chi connectivity index (χ3v) is 6.08.